The van der Waals surface area contributed by atoms with Gasteiger partial charge in [0.2, 0.25) is 0 Å². The molecule has 1 atom stereocenters. The summed E-state index contributed by atoms with van der Waals surface area (Å²) in [4.78, 5) is 14.5. The number of nitrogens with zero attached hydrogens (tertiary/aromatic N) is 3. The lowest BCUT2D eigenvalue weighted by Gasteiger charge is -2.32. The number of rotatable bonds is 6. The van der Waals surface area contributed by atoms with Gasteiger partial charge in [-0.25, -0.2) is 9.48 Å². The number of amides is 2. The molecule has 0 radical (unpaired) electrons. The maximum atomic E-state index is 12.6. The van der Waals surface area contributed by atoms with Gasteiger partial charge in [0, 0.05) is 30.8 Å². The number of benzene rings is 1. The van der Waals surface area contributed by atoms with Crippen LogP contribution in [0.4, 0.5) is 10.6 Å². The van der Waals surface area contributed by atoms with Gasteiger partial charge >= 0.3 is 6.03 Å². The van der Waals surface area contributed by atoms with E-state index in [0.29, 0.717) is 23.9 Å². The Hall–Kier alpha value is -2.05. The molecule has 6 nitrogen and oxygen atoms in total. The third kappa shape index (κ3) is 4.77. The zero-order valence-electron chi connectivity index (χ0n) is 15.0. The van der Waals surface area contributed by atoms with Crippen LogP contribution in [0.2, 0.25) is 5.02 Å². The van der Waals surface area contributed by atoms with Crippen molar-refractivity contribution in [3.8, 4) is 0 Å². The molecule has 26 heavy (non-hydrogen) atoms. The molecule has 7 heteroatoms. The molecule has 0 spiro atoms. The van der Waals surface area contributed by atoms with Gasteiger partial charge in [-0.1, -0.05) is 36.7 Å². The van der Waals surface area contributed by atoms with Gasteiger partial charge in [-0.15, -0.1) is 0 Å². The molecule has 1 aromatic heterocycles. The summed E-state index contributed by atoms with van der Waals surface area (Å²) in [5, 5.41) is 7.96. The lowest BCUT2D eigenvalue weighted by atomic mass is 10.1. The molecule has 1 saturated heterocycles. The number of halogens is 1. The van der Waals surface area contributed by atoms with Crippen LogP contribution < -0.4 is 5.32 Å². The third-order valence-electron chi connectivity index (χ3n) is 4.45. The second kappa shape index (κ2) is 9.05. The molecule has 1 aliphatic rings. The van der Waals surface area contributed by atoms with E-state index in [1.54, 1.807) is 16.9 Å². The van der Waals surface area contributed by atoms with E-state index in [-0.39, 0.29) is 12.1 Å². The molecule has 1 fully saturated rings. The number of anilines is 1. The zero-order valence-corrected chi connectivity index (χ0v) is 15.8. The van der Waals surface area contributed by atoms with Crippen molar-refractivity contribution in [3.63, 3.8) is 0 Å². The fourth-order valence-corrected chi connectivity index (χ4v) is 3.28. The Morgan fingerprint density at radius 1 is 1.38 bits per heavy atom. The first-order chi connectivity index (χ1) is 12.7. The Bertz CT molecular complexity index is 734. The number of urea groups is 1. The van der Waals surface area contributed by atoms with Crippen molar-refractivity contribution in [2.75, 3.05) is 25.0 Å². The Morgan fingerprint density at radius 3 is 3.04 bits per heavy atom. The molecule has 140 valence electrons. The Morgan fingerprint density at radius 2 is 2.23 bits per heavy atom. The summed E-state index contributed by atoms with van der Waals surface area (Å²) in [5.74, 6) is 0.659. The Labute approximate surface area is 159 Å². The molecule has 2 aromatic rings. The normalized spacial score (nSPS) is 17.3. The largest absolute Gasteiger partial charge is 0.376 e. The summed E-state index contributed by atoms with van der Waals surface area (Å²) in [6, 6.07) is 9.32. The molecule has 0 unspecified atom stereocenters. The van der Waals surface area contributed by atoms with Gasteiger partial charge in [0.05, 0.1) is 18.8 Å². The molecule has 1 N–H and O–H groups in total. The van der Waals surface area contributed by atoms with Crippen molar-refractivity contribution in [2.45, 2.75) is 38.8 Å². The highest BCUT2D eigenvalue weighted by molar-refractivity contribution is 6.31. The maximum Gasteiger partial charge on any atom is 0.323 e. The van der Waals surface area contributed by atoms with Crippen LogP contribution in [0.5, 0.6) is 0 Å². The Kier molecular flexibility index (Phi) is 6.52. The number of nitrogens with one attached hydrogen (secondary N) is 1. The summed E-state index contributed by atoms with van der Waals surface area (Å²) < 4.78 is 7.55. The second-order valence-electron chi connectivity index (χ2n) is 6.48. The van der Waals surface area contributed by atoms with Crippen molar-refractivity contribution < 1.29 is 9.53 Å². The quantitative estimate of drug-likeness (QED) is 0.828. The molecular weight excluding hydrogens is 352 g/mol. The monoisotopic (exact) mass is 376 g/mol. The predicted molar refractivity (Wildman–Crippen MR) is 103 cm³/mol. The predicted octanol–water partition coefficient (Wildman–Crippen LogP) is 4.01. The van der Waals surface area contributed by atoms with Gasteiger partial charge in [0.15, 0.2) is 0 Å². The first-order valence-corrected chi connectivity index (χ1v) is 9.48. The number of aromatic nitrogens is 2. The van der Waals surface area contributed by atoms with Gasteiger partial charge < -0.3 is 9.64 Å². The minimum absolute atomic E-state index is 0.115. The minimum atomic E-state index is -0.115. The number of likely N-dealkylation sites (tertiary alicyclic amines) is 1. The maximum absolute atomic E-state index is 12.6. The molecule has 1 aromatic carbocycles. The second-order valence-corrected chi connectivity index (χ2v) is 6.88. The van der Waals surface area contributed by atoms with Crippen LogP contribution >= 0.6 is 11.6 Å². The van der Waals surface area contributed by atoms with Crippen LogP contribution in [0, 0.1) is 0 Å². The lowest BCUT2D eigenvalue weighted by Crippen LogP contribution is -2.45. The zero-order chi connectivity index (χ0) is 18.4. The number of hydrogen-bond acceptors (Lipinski definition) is 3. The fourth-order valence-electron chi connectivity index (χ4n) is 3.08. The number of carbonyl (C=O) groups excluding carboxylic acids is 1. The number of carbonyl (C=O) groups is 1. The highest BCUT2D eigenvalue weighted by atomic mass is 35.5. The van der Waals surface area contributed by atoms with Crippen LogP contribution in [0.25, 0.3) is 0 Å². The van der Waals surface area contributed by atoms with Crippen LogP contribution in [0.1, 0.15) is 31.7 Å². The van der Waals surface area contributed by atoms with Crippen LogP contribution in [0.15, 0.2) is 36.5 Å². The SMILES string of the molecule is CCCO[C@H]1CCCN(C(=O)Nc2ccnn2Cc2ccccc2Cl)C1. The molecule has 2 heterocycles. The topological polar surface area (TPSA) is 59.4 Å². The first-order valence-electron chi connectivity index (χ1n) is 9.10. The van der Waals surface area contributed by atoms with Gasteiger partial charge in [-0.2, -0.15) is 5.10 Å². The van der Waals surface area contributed by atoms with E-state index in [4.69, 9.17) is 16.3 Å². The molecule has 3 rings (SSSR count). The van der Waals surface area contributed by atoms with Crippen molar-refractivity contribution in [2.24, 2.45) is 0 Å². The van der Waals surface area contributed by atoms with E-state index in [2.05, 4.69) is 17.3 Å². The molecule has 2 amide bonds. The van der Waals surface area contributed by atoms with E-state index in [1.807, 2.05) is 29.2 Å². The van der Waals surface area contributed by atoms with E-state index in [1.165, 1.54) is 0 Å². The minimum Gasteiger partial charge on any atom is -0.376 e. The molecule has 1 aliphatic heterocycles. The van der Waals surface area contributed by atoms with Gasteiger partial charge in [0.25, 0.3) is 0 Å². The molecule has 0 aliphatic carbocycles. The van der Waals surface area contributed by atoms with Crippen molar-refractivity contribution in [3.05, 3.63) is 47.1 Å². The van der Waals surface area contributed by atoms with Crippen molar-refractivity contribution in [1.29, 1.82) is 0 Å². The molecule has 0 bridgehead atoms. The standard InChI is InChI=1S/C19H25ClN4O2/c1-2-12-26-16-7-5-11-23(14-16)19(25)22-18-9-10-21-24(18)13-15-6-3-4-8-17(15)20/h3-4,6,8-10,16H,2,5,7,11-14H2,1H3,(H,22,25)/t16-/m0/s1. The van der Waals surface area contributed by atoms with E-state index < -0.39 is 0 Å². The lowest BCUT2D eigenvalue weighted by molar-refractivity contribution is 0.0115. The average Bonchev–Trinajstić information content (AvgIpc) is 3.09. The number of piperidine rings is 1. The Balaban J connectivity index is 1.61. The van der Waals surface area contributed by atoms with Gasteiger partial charge in [-0.05, 0) is 30.9 Å². The summed E-state index contributed by atoms with van der Waals surface area (Å²) in [6.45, 7) is 4.71. The van der Waals surface area contributed by atoms with E-state index in [9.17, 15) is 4.79 Å². The summed E-state index contributed by atoms with van der Waals surface area (Å²) in [6.07, 6.45) is 4.76. The highest BCUT2D eigenvalue weighted by Crippen LogP contribution is 2.19. The van der Waals surface area contributed by atoms with Crippen LogP contribution in [0.3, 0.4) is 0 Å². The van der Waals surface area contributed by atoms with Crippen molar-refractivity contribution >= 4 is 23.4 Å². The van der Waals surface area contributed by atoms with Crippen molar-refractivity contribution in [1.82, 2.24) is 14.7 Å². The fraction of sp³-hybridized carbons (Fsp3) is 0.474. The third-order valence-corrected chi connectivity index (χ3v) is 4.82. The summed E-state index contributed by atoms with van der Waals surface area (Å²) in [7, 11) is 0. The summed E-state index contributed by atoms with van der Waals surface area (Å²) >= 11 is 6.23. The van der Waals surface area contributed by atoms with Gasteiger partial charge in [-0.3, -0.25) is 5.32 Å². The first kappa shape index (κ1) is 18.7. The van der Waals surface area contributed by atoms with Crippen LogP contribution in [-0.2, 0) is 11.3 Å². The smallest absolute Gasteiger partial charge is 0.323 e. The highest BCUT2D eigenvalue weighted by Gasteiger charge is 2.24. The molecular formula is C19H25ClN4O2. The van der Waals surface area contributed by atoms with Gasteiger partial charge in [0.1, 0.15) is 5.82 Å². The molecule has 0 saturated carbocycles. The number of ether oxygens (including phenoxy) is 1. The summed E-state index contributed by atoms with van der Waals surface area (Å²) in [5.41, 5.74) is 0.958. The van der Waals surface area contributed by atoms with Crippen LogP contribution in [-0.4, -0.2) is 46.5 Å². The average molecular weight is 377 g/mol. The van der Waals surface area contributed by atoms with E-state index in [0.717, 1.165) is 38.0 Å². The number of hydrogen-bond donors (Lipinski definition) is 1. The van der Waals surface area contributed by atoms with E-state index >= 15 is 0 Å².